The lowest BCUT2D eigenvalue weighted by molar-refractivity contribution is -0.121. The monoisotopic (exact) mass is 474 g/mol. The van der Waals surface area contributed by atoms with Gasteiger partial charge in [0.1, 0.15) is 17.8 Å². The first-order chi connectivity index (χ1) is 17.2. The van der Waals surface area contributed by atoms with Crippen LogP contribution >= 0.6 is 0 Å². The molecular weight excluding hydrogens is 440 g/mol. The molecule has 3 aromatic rings. The van der Waals surface area contributed by atoms with E-state index in [1.807, 2.05) is 24.3 Å². The Balaban J connectivity index is 1.12. The molecule has 2 aromatic heterocycles. The van der Waals surface area contributed by atoms with Crippen LogP contribution in [0.15, 0.2) is 36.7 Å². The van der Waals surface area contributed by atoms with Gasteiger partial charge in [-0.1, -0.05) is 12.1 Å². The Bertz CT molecular complexity index is 1170. The molecule has 2 saturated heterocycles. The molecule has 184 valence electrons. The predicted octanol–water partition coefficient (Wildman–Crippen LogP) is 3.96. The third-order valence-corrected chi connectivity index (χ3v) is 8.26. The second-order valence-corrected chi connectivity index (χ2v) is 10.3. The Labute approximate surface area is 205 Å². The Kier molecular flexibility index (Phi) is 6.16. The number of amides is 1. The van der Waals surface area contributed by atoms with Crippen LogP contribution in [0.25, 0.3) is 22.3 Å². The highest BCUT2D eigenvalue weighted by Crippen LogP contribution is 2.45. The lowest BCUT2D eigenvalue weighted by Crippen LogP contribution is -2.40. The number of ether oxygens (including phenoxy) is 1. The molecule has 4 heterocycles. The van der Waals surface area contributed by atoms with E-state index in [-0.39, 0.29) is 11.8 Å². The fourth-order valence-electron chi connectivity index (χ4n) is 6.04. The van der Waals surface area contributed by atoms with Crippen molar-refractivity contribution in [1.82, 2.24) is 20.3 Å². The van der Waals surface area contributed by atoms with Gasteiger partial charge in [0.15, 0.2) is 0 Å². The minimum absolute atomic E-state index is 0.126. The third-order valence-electron chi connectivity index (χ3n) is 8.26. The third kappa shape index (κ3) is 4.65. The number of piperidine rings is 1. The summed E-state index contributed by atoms with van der Waals surface area (Å²) in [7, 11) is 0. The van der Waals surface area contributed by atoms with Gasteiger partial charge in [-0.2, -0.15) is 0 Å². The minimum atomic E-state index is 0.126. The van der Waals surface area contributed by atoms with Crippen LogP contribution in [0.4, 0.5) is 11.5 Å². The van der Waals surface area contributed by atoms with Crippen molar-refractivity contribution in [3.05, 3.63) is 36.7 Å². The molecule has 1 spiro atoms. The summed E-state index contributed by atoms with van der Waals surface area (Å²) in [6.45, 7) is 5.35. The zero-order valence-electron chi connectivity index (χ0n) is 20.2. The first-order valence-electron chi connectivity index (χ1n) is 13.0. The van der Waals surface area contributed by atoms with Crippen LogP contribution in [0.1, 0.15) is 38.5 Å². The van der Waals surface area contributed by atoms with Gasteiger partial charge in [0.2, 0.25) is 5.91 Å². The number of anilines is 2. The molecule has 2 aliphatic heterocycles. The number of hydrogen-bond donors (Lipinski definition) is 3. The van der Waals surface area contributed by atoms with Crippen LogP contribution in [-0.2, 0) is 9.53 Å². The van der Waals surface area contributed by atoms with E-state index in [1.165, 1.54) is 25.7 Å². The van der Waals surface area contributed by atoms with Gasteiger partial charge in [-0.25, -0.2) is 9.97 Å². The lowest BCUT2D eigenvalue weighted by Gasteiger charge is -2.42. The molecule has 1 aliphatic carbocycles. The predicted molar refractivity (Wildman–Crippen MR) is 137 cm³/mol. The number of nitrogens with zero attached hydrogens (tertiary/aromatic N) is 3. The summed E-state index contributed by atoms with van der Waals surface area (Å²) >= 11 is 0. The van der Waals surface area contributed by atoms with Crippen LogP contribution < -0.4 is 15.5 Å². The van der Waals surface area contributed by atoms with E-state index in [0.29, 0.717) is 5.41 Å². The fourth-order valence-corrected chi connectivity index (χ4v) is 6.04. The number of carbonyl (C=O) groups is 1. The number of aromatic amines is 1. The molecule has 3 N–H and O–H groups in total. The number of rotatable bonds is 4. The second kappa shape index (κ2) is 9.59. The quantitative estimate of drug-likeness (QED) is 0.530. The van der Waals surface area contributed by atoms with Crippen LogP contribution in [0, 0.1) is 11.3 Å². The van der Waals surface area contributed by atoms with Crippen molar-refractivity contribution in [3.8, 4) is 11.3 Å². The van der Waals surface area contributed by atoms with Gasteiger partial charge in [0.25, 0.3) is 0 Å². The van der Waals surface area contributed by atoms with Gasteiger partial charge in [-0.05, 0) is 80.8 Å². The first kappa shape index (κ1) is 22.5. The molecule has 3 fully saturated rings. The SMILES string of the molecule is O=C(Nc1ccc(-c2cc3c(N4CCOCC4)ncnc3[nH]2)cc1)C1CCC2(CCNCC2)CC1. The number of aromatic nitrogens is 3. The summed E-state index contributed by atoms with van der Waals surface area (Å²) in [6.07, 6.45) is 8.51. The van der Waals surface area contributed by atoms with Crippen molar-refractivity contribution in [3.63, 3.8) is 0 Å². The number of benzene rings is 1. The van der Waals surface area contributed by atoms with Gasteiger partial charge < -0.3 is 25.3 Å². The van der Waals surface area contributed by atoms with Crippen molar-refractivity contribution in [2.24, 2.45) is 11.3 Å². The number of nitrogens with one attached hydrogen (secondary N) is 3. The Hall–Kier alpha value is -2.97. The average molecular weight is 475 g/mol. The van der Waals surface area contributed by atoms with E-state index in [0.717, 1.165) is 86.0 Å². The Morgan fingerprint density at radius 1 is 1.03 bits per heavy atom. The molecule has 35 heavy (non-hydrogen) atoms. The van der Waals surface area contributed by atoms with E-state index >= 15 is 0 Å². The number of morpholine rings is 1. The second-order valence-electron chi connectivity index (χ2n) is 10.3. The summed E-state index contributed by atoms with van der Waals surface area (Å²) in [5.41, 5.74) is 4.21. The van der Waals surface area contributed by atoms with Gasteiger partial charge in [0, 0.05) is 30.4 Å². The van der Waals surface area contributed by atoms with Gasteiger partial charge in [-0.3, -0.25) is 4.79 Å². The number of H-pyrrole nitrogens is 1. The number of fused-ring (bicyclic) bond motifs is 1. The van der Waals surface area contributed by atoms with E-state index < -0.39 is 0 Å². The van der Waals surface area contributed by atoms with Gasteiger partial charge in [0.05, 0.1) is 18.6 Å². The van der Waals surface area contributed by atoms with Crippen molar-refractivity contribution in [1.29, 1.82) is 0 Å². The van der Waals surface area contributed by atoms with Crippen LogP contribution in [0.3, 0.4) is 0 Å². The normalized spacial score (nSPS) is 20.9. The Morgan fingerprint density at radius 3 is 2.51 bits per heavy atom. The summed E-state index contributed by atoms with van der Waals surface area (Å²) < 4.78 is 5.49. The van der Waals surface area contributed by atoms with Gasteiger partial charge >= 0.3 is 0 Å². The zero-order valence-corrected chi connectivity index (χ0v) is 20.2. The van der Waals surface area contributed by atoms with Crippen LogP contribution in [-0.4, -0.2) is 60.3 Å². The standard InChI is InChI=1S/C27H34N6O2/c34-26(20-5-7-27(8-6-20)9-11-28-12-10-27)31-21-3-1-19(2-4-21)23-17-22-24(32-23)29-18-30-25(22)33-13-15-35-16-14-33/h1-4,17-18,20,28H,5-16H2,(H,31,34)(H,29,30,32). The number of carbonyl (C=O) groups excluding carboxylic acids is 1. The summed E-state index contributed by atoms with van der Waals surface area (Å²) in [6, 6.07) is 10.2. The fraction of sp³-hybridized carbons (Fsp3) is 0.519. The van der Waals surface area contributed by atoms with E-state index in [4.69, 9.17) is 4.74 Å². The highest BCUT2D eigenvalue weighted by Gasteiger charge is 2.38. The first-order valence-corrected chi connectivity index (χ1v) is 13.0. The maximum absolute atomic E-state index is 12.9. The van der Waals surface area contributed by atoms with Crippen molar-refractivity contribution in [2.45, 2.75) is 38.5 Å². The molecule has 8 heteroatoms. The zero-order chi connectivity index (χ0) is 23.7. The maximum atomic E-state index is 12.9. The maximum Gasteiger partial charge on any atom is 0.227 e. The van der Waals surface area contributed by atoms with Crippen LogP contribution in [0.2, 0.25) is 0 Å². The number of hydrogen-bond acceptors (Lipinski definition) is 6. The highest BCUT2D eigenvalue weighted by atomic mass is 16.5. The molecule has 1 saturated carbocycles. The summed E-state index contributed by atoms with van der Waals surface area (Å²) in [5, 5.41) is 7.65. The van der Waals surface area contributed by atoms with Crippen molar-refractivity contribution >= 4 is 28.4 Å². The minimum Gasteiger partial charge on any atom is -0.378 e. The molecule has 3 aliphatic rings. The van der Waals surface area contributed by atoms with Gasteiger partial charge in [-0.15, -0.1) is 0 Å². The molecule has 8 nitrogen and oxygen atoms in total. The molecule has 1 aromatic carbocycles. The smallest absolute Gasteiger partial charge is 0.227 e. The largest absolute Gasteiger partial charge is 0.378 e. The highest BCUT2D eigenvalue weighted by molar-refractivity contribution is 5.94. The molecule has 0 bridgehead atoms. The Morgan fingerprint density at radius 2 is 1.77 bits per heavy atom. The van der Waals surface area contributed by atoms with E-state index in [9.17, 15) is 4.79 Å². The summed E-state index contributed by atoms with van der Waals surface area (Å²) in [5.74, 6) is 1.24. The molecule has 0 radical (unpaired) electrons. The van der Waals surface area contributed by atoms with Crippen molar-refractivity contribution < 1.29 is 9.53 Å². The molecule has 0 atom stereocenters. The average Bonchev–Trinajstić information content (AvgIpc) is 3.35. The molecule has 6 rings (SSSR count). The lowest BCUT2D eigenvalue weighted by atomic mass is 9.65. The molecule has 1 amide bonds. The van der Waals surface area contributed by atoms with Crippen molar-refractivity contribution in [2.75, 3.05) is 49.6 Å². The van der Waals surface area contributed by atoms with Crippen LogP contribution in [0.5, 0.6) is 0 Å². The summed E-state index contributed by atoms with van der Waals surface area (Å²) in [4.78, 5) is 27.6. The van der Waals surface area contributed by atoms with E-state index in [2.05, 4.69) is 36.6 Å². The molecule has 0 unspecified atom stereocenters. The van der Waals surface area contributed by atoms with E-state index in [1.54, 1.807) is 6.33 Å². The molecular formula is C27H34N6O2. The topological polar surface area (TPSA) is 95.2 Å².